The van der Waals surface area contributed by atoms with Crippen molar-refractivity contribution in [1.82, 2.24) is 4.90 Å². The first-order valence-electron chi connectivity index (χ1n) is 3.64. The van der Waals surface area contributed by atoms with E-state index in [2.05, 4.69) is 0 Å². The van der Waals surface area contributed by atoms with Crippen LogP contribution in [0.15, 0.2) is 12.3 Å². The maximum atomic E-state index is 12.3. The molecule has 1 rings (SSSR count). The summed E-state index contributed by atoms with van der Waals surface area (Å²) in [6.07, 6.45) is 2.61. The molecule has 0 N–H and O–H groups in total. The minimum atomic E-state index is -0.880. The van der Waals surface area contributed by atoms with Gasteiger partial charge in [-0.3, -0.25) is 4.79 Å². The van der Waals surface area contributed by atoms with Crippen molar-refractivity contribution in [2.24, 2.45) is 5.92 Å². The number of carbonyl (C=O) groups is 1. The lowest BCUT2D eigenvalue weighted by molar-refractivity contribution is -0.116. The molecule has 0 aromatic heterocycles. The molecule has 0 aromatic rings. The number of alkyl halides is 1. The maximum absolute atomic E-state index is 12.3. The number of rotatable bonds is 3. The topological polar surface area (TPSA) is 20.3 Å². The number of hydrogen-bond acceptors (Lipinski definition) is 2. The number of nitrogens with zero attached hydrogens (tertiary/aromatic N) is 1. The Kier molecular flexibility index (Phi) is 2.27. The average Bonchev–Trinajstić information content (AvgIpc) is 2.61. The van der Waals surface area contributed by atoms with Gasteiger partial charge in [-0.05, 0) is 12.5 Å². The molecule has 0 bridgehead atoms. The van der Waals surface area contributed by atoms with Crippen molar-refractivity contribution < 1.29 is 9.18 Å². The third-order valence-electron chi connectivity index (χ3n) is 1.61. The van der Waals surface area contributed by atoms with Gasteiger partial charge in [0.1, 0.15) is 6.17 Å². The van der Waals surface area contributed by atoms with E-state index >= 15 is 0 Å². The minimum absolute atomic E-state index is 0.0915. The van der Waals surface area contributed by atoms with Crippen molar-refractivity contribution in [2.45, 2.75) is 12.6 Å². The average molecular weight is 157 g/mol. The van der Waals surface area contributed by atoms with Crippen LogP contribution in [0.25, 0.3) is 0 Å². The van der Waals surface area contributed by atoms with Gasteiger partial charge >= 0.3 is 0 Å². The quantitative estimate of drug-likeness (QED) is 0.569. The lowest BCUT2D eigenvalue weighted by Gasteiger charge is -2.01. The molecule has 0 heterocycles. The molecule has 0 aromatic carbocycles. The molecular formula is C8H12FNO. The lowest BCUT2D eigenvalue weighted by atomic mass is 10.2. The predicted molar refractivity (Wildman–Crippen MR) is 40.8 cm³/mol. The summed E-state index contributed by atoms with van der Waals surface area (Å²) in [6, 6.07) is 0. The van der Waals surface area contributed by atoms with Gasteiger partial charge < -0.3 is 4.90 Å². The Balaban J connectivity index is 2.32. The van der Waals surface area contributed by atoms with Crippen LogP contribution in [0.4, 0.5) is 4.39 Å². The Labute approximate surface area is 65.7 Å². The molecular weight excluding hydrogens is 145 g/mol. The first-order chi connectivity index (χ1) is 5.11. The highest BCUT2D eigenvalue weighted by atomic mass is 19.1. The van der Waals surface area contributed by atoms with Gasteiger partial charge in [-0.15, -0.1) is 0 Å². The van der Waals surface area contributed by atoms with Crippen LogP contribution in [0, 0.1) is 5.92 Å². The highest BCUT2D eigenvalue weighted by Crippen LogP contribution is 2.34. The minimum Gasteiger partial charge on any atom is -0.383 e. The van der Waals surface area contributed by atoms with E-state index in [-0.39, 0.29) is 11.7 Å². The molecule has 0 amide bonds. The molecule has 2 nitrogen and oxygen atoms in total. The molecule has 0 aliphatic heterocycles. The zero-order valence-corrected chi connectivity index (χ0v) is 6.75. The summed E-state index contributed by atoms with van der Waals surface area (Å²) in [5, 5.41) is 0. The number of carbonyl (C=O) groups excluding carboxylic acids is 1. The zero-order chi connectivity index (χ0) is 8.43. The van der Waals surface area contributed by atoms with Crippen LogP contribution in [0.2, 0.25) is 0 Å². The summed E-state index contributed by atoms with van der Waals surface area (Å²) >= 11 is 0. The molecule has 0 radical (unpaired) electrons. The Morgan fingerprint density at radius 1 is 1.64 bits per heavy atom. The molecule has 1 aliphatic carbocycles. The lowest BCUT2D eigenvalue weighted by Crippen LogP contribution is -2.04. The molecule has 2 atom stereocenters. The summed E-state index contributed by atoms with van der Waals surface area (Å²) in [5.41, 5.74) is 0. The molecule has 1 fully saturated rings. The van der Waals surface area contributed by atoms with E-state index < -0.39 is 6.17 Å². The maximum Gasteiger partial charge on any atom is 0.163 e. The summed E-state index contributed by atoms with van der Waals surface area (Å²) in [6.45, 7) is 0. The molecule has 0 saturated heterocycles. The second-order valence-corrected chi connectivity index (χ2v) is 3.04. The highest BCUT2D eigenvalue weighted by Gasteiger charge is 2.42. The largest absolute Gasteiger partial charge is 0.383 e. The van der Waals surface area contributed by atoms with Crippen LogP contribution >= 0.6 is 0 Å². The molecule has 62 valence electrons. The molecule has 0 unspecified atom stereocenters. The van der Waals surface area contributed by atoms with Gasteiger partial charge in [-0.25, -0.2) is 4.39 Å². The van der Waals surface area contributed by atoms with E-state index in [1.165, 1.54) is 6.08 Å². The van der Waals surface area contributed by atoms with E-state index in [1.54, 1.807) is 11.1 Å². The van der Waals surface area contributed by atoms with Gasteiger partial charge in [0.2, 0.25) is 0 Å². The highest BCUT2D eigenvalue weighted by molar-refractivity contribution is 5.94. The van der Waals surface area contributed by atoms with Crippen LogP contribution in [-0.4, -0.2) is 31.0 Å². The molecule has 1 aliphatic rings. The molecule has 0 spiro atoms. The van der Waals surface area contributed by atoms with Crippen LogP contribution < -0.4 is 0 Å². The van der Waals surface area contributed by atoms with E-state index in [4.69, 9.17) is 0 Å². The van der Waals surface area contributed by atoms with Gasteiger partial charge in [0, 0.05) is 20.3 Å². The van der Waals surface area contributed by atoms with Crippen molar-refractivity contribution in [3.05, 3.63) is 12.3 Å². The van der Waals surface area contributed by atoms with E-state index in [0.29, 0.717) is 6.42 Å². The normalized spacial score (nSPS) is 29.0. The molecule has 1 saturated carbocycles. The van der Waals surface area contributed by atoms with Crippen LogP contribution in [-0.2, 0) is 4.79 Å². The second kappa shape index (κ2) is 3.03. The predicted octanol–water partition coefficient (Wildman–Crippen LogP) is 0.989. The van der Waals surface area contributed by atoms with Crippen LogP contribution in [0.3, 0.4) is 0 Å². The third-order valence-corrected chi connectivity index (χ3v) is 1.61. The van der Waals surface area contributed by atoms with E-state index in [1.807, 2.05) is 14.1 Å². The number of halogens is 1. The fraction of sp³-hybridized carbons (Fsp3) is 0.625. The Morgan fingerprint density at radius 3 is 2.55 bits per heavy atom. The van der Waals surface area contributed by atoms with Gasteiger partial charge in [-0.1, -0.05) is 0 Å². The third kappa shape index (κ3) is 2.33. The zero-order valence-electron chi connectivity index (χ0n) is 6.75. The van der Waals surface area contributed by atoms with E-state index in [0.717, 1.165) is 0 Å². The summed E-state index contributed by atoms with van der Waals surface area (Å²) < 4.78 is 12.3. The van der Waals surface area contributed by atoms with Gasteiger partial charge in [0.05, 0.1) is 5.92 Å². The van der Waals surface area contributed by atoms with Crippen LogP contribution in [0.1, 0.15) is 6.42 Å². The summed E-state index contributed by atoms with van der Waals surface area (Å²) in [5.74, 6) is -0.433. The van der Waals surface area contributed by atoms with Crippen molar-refractivity contribution >= 4 is 5.78 Å². The second-order valence-electron chi connectivity index (χ2n) is 3.04. The monoisotopic (exact) mass is 157 g/mol. The fourth-order valence-electron chi connectivity index (χ4n) is 0.805. The van der Waals surface area contributed by atoms with E-state index in [9.17, 15) is 9.18 Å². The Hall–Kier alpha value is -0.860. The van der Waals surface area contributed by atoms with Crippen molar-refractivity contribution in [3.8, 4) is 0 Å². The summed E-state index contributed by atoms with van der Waals surface area (Å²) in [4.78, 5) is 12.7. The van der Waals surface area contributed by atoms with Gasteiger partial charge in [0.15, 0.2) is 5.78 Å². The first-order valence-corrected chi connectivity index (χ1v) is 3.64. The summed E-state index contributed by atoms with van der Waals surface area (Å²) in [7, 11) is 3.65. The fourth-order valence-corrected chi connectivity index (χ4v) is 0.805. The van der Waals surface area contributed by atoms with Gasteiger partial charge in [-0.2, -0.15) is 0 Å². The van der Waals surface area contributed by atoms with Crippen molar-refractivity contribution in [1.29, 1.82) is 0 Å². The molecule has 11 heavy (non-hydrogen) atoms. The number of ketones is 1. The Bertz CT molecular complexity index is 189. The SMILES string of the molecule is CN(C)/C=C/C(=O)[C@@H]1C[C@H]1F. The number of allylic oxidation sites excluding steroid dienone is 1. The Morgan fingerprint density at radius 2 is 2.18 bits per heavy atom. The first kappa shape index (κ1) is 8.24. The van der Waals surface area contributed by atoms with Crippen molar-refractivity contribution in [2.75, 3.05) is 14.1 Å². The standard InChI is InChI=1S/C8H12FNO/c1-10(2)4-3-8(11)6-5-7(6)9/h3-4,6-7H,5H2,1-2H3/b4-3+/t6-,7-/m1/s1. The number of hydrogen-bond donors (Lipinski definition) is 0. The van der Waals surface area contributed by atoms with Gasteiger partial charge in [0.25, 0.3) is 0 Å². The van der Waals surface area contributed by atoms with Crippen molar-refractivity contribution in [3.63, 3.8) is 0 Å². The van der Waals surface area contributed by atoms with Crippen LogP contribution in [0.5, 0.6) is 0 Å². The molecule has 3 heteroatoms. The smallest absolute Gasteiger partial charge is 0.163 e.